The number of carbonyl (C=O) groups excluding carboxylic acids is 1. The van der Waals surface area contributed by atoms with Crippen molar-refractivity contribution in [1.29, 1.82) is 0 Å². The largest absolute Gasteiger partial charge is 0.493 e. The lowest BCUT2D eigenvalue weighted by Gasteiger charge is -2.47. The second-order valence-corrected chi connectivity index (χ2v) is 9.60. The van der Waals surface area contributed by atoms with Crippen LogP contribution in [0.2, 0.25) is 0 Å². The minimum absolute atomic E-state index is 0.0972. The maximum atomic E-state index is 13.6. The Balaban J connectivity index is 1.66. The van der Waals surface area contributed by atoms with Crippen LogP contribution in [0.15, 0.2) is 48.5 Å². The second kappa shape index (κ2) is 10.5. The van der Waals surface area contributed by atoms with Crippen LogP contribution in [-0.4, -0.2) is 31.3 Å². The summed E-state index contributed by atoms with van der Waals surface area (Å²) < 4.78 is 25.3. The van der Waals surface area contributed by atoms with Gasteiger partial charge in [-0.05, 0) is 80.5 Å². The summed E-state index contributed by atoms with van der Waals surface area (Å²) in [6.45, 7) is 10.3. The maximum Gasteiger partial charge on any atom is 0.251 e. The van der Waals surface area contributed by atoms with Crippen molar-refractivity contribution in [3.63, 3.8) is 0 Å². The zero-order chi connectivity index (χ0) is 23.2. The van der Waals surface area contributed by atoms with Crippen molar-refractivity contribution in [3.05, 3.63) is 65.5 Å². The molecule has 1 heterocycles. The lowest BCUT2D eigenvalue weighted by Crippen LogP contribution is -2.47. The number of hydrogen-bond acceptors (Lipinski definition) is 3. The standard InChI is InChI=1S/C27H36FNO3/c1-5-26(4)19-27(15-17-32-26,22-8-10-23(28)11-9-22)14-16-29-25(30)21-6-12-24(13-7-21)31-18-20(2)3/h6-13,20H,5,14-19H2,1-4H3,(H,29,30)/t26-,27-/m0/s1. The minimum Gasteiger partial charge on any atom is -0.493 e. The molecule has 0 radical (unpaired) electrons. The van der Waals surface area contributed by atoms with Crippen molar-refractivity contribution >= 4 is 5.91 Å². The summed E-state index contributed by atoms with van der Waals surface area (Å²) in [6.07, 6.45) is 3.39. The number of halogens is 1. The molecule has 0 aliphatic carbocycles. The SMILES string of the molecule is CC[C@@]1(C)C[C@@](CCNC(=O)c2ccc(OCC(C)C)cc2)(c2ccc(F)cc2)CCO1. The highest BCUT2D eigenvalue weighted by Crippen LogP contribution is 2.45. The van der Waals surface area contributed by atoms with Gasteiger partial charge >= 0.3 is 0 Å². The summed E-state index contributed by atoms with van der Waals surface area (Å²) >= 11 is 0. The third-order valence-corrected chi connectivity index (χ3v) is 6.54. The smallest absolute Gasteiger partial charge is 0.251 e. The number of benzene rings is 2. The monoisotopic (exact) mass is 441 g/mol. The summed E-state index contributed by atoms with van der Waals surface area (Å²) in [4.78, 5) is 12.7. The molecule has 3 rings (SSSR count). The number of nitrogens with one attached hydrogen (secondary N) is 1. The van der Waals surface area contributed by atoms with Gasteiger partial charge in [0, 0.05) is 24.1 Å². The van der Waals surface area contributed by atoms with Crippen LogP contribution in [0.5, 0.6) is 5.75 Å². The third kappa shape index (κ3) is 6.10. The van der Waals surface area contributed by atoms with Crippen LogP contribution in [0.4, 0.5) is 4.39 Å². The Morgan fingerprint density at radius 3 is 2.47 bits per heavy atom. The van der Waals surface area contributed by atoms with Gasteiger partial charge < -0.3 is 14.8 Å². The molecule has 0 saturated carbocycles. The Kier molecular flexibility index (Phi) is 7.94. The molecule has 1 N–H and O–H groups in total. The molecule has 1 aliphatic heterocycles. The molecule has 4 nitrogen and oxygen atoms in total. The molecule has 5 heteroatoms. The van der Waals surface area contributed by atoms with E-state index in [1.165, 1.54) is 12.1 Å². The second-order valence-electron chi connectivity index (χ2n) is 9.60. The minimum atomic E-state index is -0.233. The predicted octanol–water partition coefficient (Wildman–Crippen LogP) is 5.90. The van der Waals surface area contributed by atoms with Gasteiger partial charge in [0.1, 0.15) is 11.6 Å². The van der Waals surface area contributed by atoms with Gasteiger partial charge in [-0.2, -0.15) is 0 Å². The van der Waals surface area contributed by atoms with Gasteiger partial charge in [-0.25, -0.2) is 4.39 Å². The van der Waals surface area contributed by atoms with E-state index < -0.39 is 0 Å². The number of amides is 1. The van der Waals surface area contributed by atoms with Crippen LogP contribution in [-0.2, 0) is 10.2 Å². The van der Waals surface area contributed by atoms with Crippen LogP contribution in [0.3, 0.4) is 0 Å². The van der Waals surface area contributed by atoms with Crippen LogP contribution in [0.25, 0.3) is 0 Å². The van der Waals surface area contributed by atoms with Gasteiger partial charge in [0.2, 0.25) is 0 Å². The Hall–Kier alpha value is -2.40. The lowest BCUT2D eigenvalue weighted by atomic mass is 9.66. The summed E-state index contributed by atoms with van der Waals surface area (Å²) in [5, 5.41) is 3.07. The molecule has 32 heavy (non-hydrogen) atoms. The van der Waals surface area contributed by atoms with Crippen molar-refractivity contribution in [3.8, 4) is 5.75 Å². The fourth-order valence-corrected chi connectivity index (χ4v) is 4.47. The molecule has 1 amide bonds. The highest BCUT2D eigenvalue weighted by Gasteiger charge is 2.43. The average Bonchev–Trinajstić information content (AvgIpc) is 2.78. The Bertz CT molecular complexity index is 881. The van der Waals surface area contributed by atoms with E-state index in [0.717, 1.165) is 37.0 Å². The Morgan fingerprint density at radius 1 is 1.16 bits per heavy atom. The normalized spacial score (nSPS) is 23.2. The molecule has 1 saturated heterocycles. The number of ether oxygens (including phenoxy) is 2. The lowest BCUT2D eigenvalue weighted by molar-refractivity contribution is -0.0978. The van der Waals surface area contributed by atoms with Crippen molar-refractivity contribution in [2.24, 2.45) is 5.92 Å². The van der Waals surface area contributed by atoms with Gasteiger partial charge in [-0.15, -0.1) is 0 Å². The predicted molar refractivity (Wildman–Crippen MR) is 126 cm³/mol. The molecule has 2 aromatic carbocycles. The highest BCUT2D eigenvalue weighted by atomic mass is 19.1. The summed E-state index contributed by atoms with van der Waals surface area (Å²) in [5.41, 5.74) is 1.35. The average molecular weight is 442 g/mol. The first-order chi connectivity index (χ1) is 15.3. The fraction of sp³-hybridized carbons (Fsp3) is 0.519. The molecular weight excluding hydrogens is 405 g/mol. The molecule has 0 spiro atoms. The summed E-state index contributed by atoms with van der Waals surface area (Å²) in [6, 6.07) is 14.1. The molecule has 0 unspecified atom stereocenters. The van der Waals surface area contributed by atoms with Crippen molar-refractivity contribution < 1.29 is 18.7 Å². The highest BCUT2D eigenvalue weighted by molar-refractivity contribution is 5.94. The van der Waals surface area contributed by atoms with Crippen molar-refractivity contribution in [1.82, 2.24) is 5.32 Å². The number of carbonyl (C=O) groups is 1. The van der Waals surface area contributed by atoms with E-state index in [1.54, 1.807) is 12.1 Å². The van der Waals surface area contributed by atoms with E-state index in [4.69, 9.17) is 9.47 Å². The summed E-state index contributed by atoms with van der Waals surface area (Å²) in [7, 11) is 0. The van der Waals surface area contributed by atoms with Gasteiger partial charge in [-0.3, -0.25) is 4.79 Å². The van der Waals surface area contributed by atoms with Gasteiger partial charge in [-0.1, -0.05) is 32.9 Å². The number of hydrogen-bond donors (Lipinski definition) is 1. The van der Waals surface area contributed by atoms with E-state index in [2.05, 4.69) is 33.0 Å². The first-order valence-electron chi connectivity index (χ1n) is 11.7. The topological polar surface area (TPSA) is 47.6 Å². The van der Waals surface area contributed by atoms with Gasteiger partial charge in [0.15, 0.2) is 0 Å². The van der Waals surface area contributed by atoms with Crippen LogP contribution in [0, 0.1) is 11.7 Å². The first-order valence-corrected chi connectivity index (χ1v) is 11.7. The molecule has 0 bridgehead atoms. The van der Waals surface area contributed by atoms with Crippen LogP contribution >= 0.6 is 0 Å². The molecule has 2 aromatic rings. The van der Waals surface area contributed by atoms with E-state index in [-0.39, 0.29) is 22.7 Å². The van der Waals surface area contributed by atoms with Crippen molar-refractivity contribution in [2.75, 3.05) is 19.8 Å². The van der Waals surface area contributed by atoms with Gasteiger partial charge in [0.25, 0.3) is 5.91 Å². The molecule has 1 aliphatic rings. The summed E-state index contributed by atoms with van der Waals surface area (Å²) in [5.74, 6) is 0.890. The molecule has 0 aromatic heterocycles. The zero-order valence-electron chi connectivity index (χ0n) is 19.7. The fourth-order valence-electron chi connectivity index (χ4n) is 4.47. The van der Waals surface area contributed by atoms with Crippen LogP contribution < -0.4 is 10.1 Å². The quantitative estimate of drug-likeness (QED) is 0.527. The molecule has 2 atom stereocenters. The molecule has 1 fully saturated rings. The Labute approximate surface area is 191 Å². The van der Waals surface area contributed by atoms with E-state index in [0.29, 0.717) is 31.2 Å². The van der Waals surface area contributed by atoms with Crippen LogP contribution in [0.1, 0.15) is 69.3 Å². The van der Waals surface area contributed by atoms with E-state index in [9.17, 15) is 9.18 Å². The number of rotatable bonds is 9. The maximum absolute atomic E-state index is 13.6. The third-order valence-electron chi connectivity index (χ3n) is 6.54. The molecular formula is C27H36FNO3. The van der Waals surface area contributed by atoms with E-state index >= 15 is 0 Å². The van der Waals surface area contributed by atoms with E-state index in [1.807, 2.05) is 24.3 Å². The molecule has 174 valence electrons. The first kappa shape index (κ1) is 24.2. The van der Waals surface area contributed by atoms with Crippen molar-refractivity contribution in [2.45, 2.75) is 64.4 Å². The van der Waals surface area contributed by atoms with Gasteiger partial charge in [0.05, 0.1) is 12.2 Å². The zero-order valence-corrected chi connectivity index (χ0v) is 19.7. The Morgan fingerprint density at radius 2 is 1.84 bits per heavy atom.